The van der Waals surface area contributed by atoms with Crippen LogP contribution in [-0.2, 0) is 28.8 Å². The molecule has 2 aliphatic heterocycles. The van der Waals surface area contributed by atoms with Gasteiger partial charge < -0.3 is 10.6 Å². The molecule has 2 aliphatic rings. The van der Waals surface area contributed by atoms with Crippen molar-refractivity contribution in [2.75, 3.05) is 0 Å². The minimum Gasteiger partial charge on any atom is -0.330 e. The van der Waals surface area contributed by atoms with Crippen molar-refractivity contribution in [1.29, 1.82) is 0 Å². The summed E-state index contributed by atoms with van der Waals surface area (Å²) in [7, 11) is 0. The van der Waals surface area contributed by atoms with Crippen molar-refractivity contribution in [3.05, 3.63) is 12.2 Å². The Morgan fingerprint density at radius 3 is 2.19 bits per heavy atom. The maximum absolute atomic E-state index is 11.5. The van der Waals surface area contributed by atoms with Crippen LogP contribution in [0.3, 0.4) is 0 Å². The Kier molecular flexibility index (Phi) is 4.13. The molecule has 2 rings (SSSR count). The number of carbonyl (C=O) groups is 5. The van der Waals surface area contributed by atoms with Gasteiger partial charge in [-0.25, -0.2) is 4.79 Å². The molecule has 0 radical (unpaired) electrons. The second-order valence-electron chi connectivity index (χ2n) is 4.53. The third-order valence-electron chi connectivity index (χ3n) is 3.02. The standard InChI is InChI=1S/C12H13N3O6/c13-7(14-8(16)2-3-9(14)17)1-6-12(20)21-15-10(18)4-5-11(15)19/h2-3,7H,1,4-6,13H2. The van der Waals surface area contributed by atoms with E-state index >= 15 is 0 Å². The van der Waals surface area contributed by atoms with E-state index in [0.29, 0.717) is 5.06 Å². The fourth-order valence-corrected chi connectivity index (χ4v) is 1.94. The molecule has 21 heavy (non-hydrogen) atoms. The van der Waals surface area contributed by atoms with Crippen LogP contribution in [0.1, 0.15) is 25.7 Å². The molecule has 0 saturated carbocycles. The summed E-state index contributed by atoms with van der Waals surface area (Å²) >= 11 is 0. The summed E-state index contributed by atoms with van der Waals surface area (Å²) in [5, 5.41) is 0.432. The summed E-state index contributed by atoms with van der Waals surface area (Å²) in [6, 6.07) is 0. The Hall–Kier alpha value is -2.55. The number of imide groups is 2. The van der Waals surface area contributed by atoms with Gasteiger partial charge in [-0.05, 0) is 6.42 Å². The first-order valence-corrected chi connectivity index (χ1v) is 6.27. The number of hydrogen-bond acceptors (Lipinski definition) is 7. The van der Waals surface area contributed by atoms with Crippen molar-refractivity contribution in [2.24, 2.45) is 5.73 Å². The van der Waals surface area contributed by atoms with Gasteiger partial charge in [-0.2, -0.15) is 0 Å². The minimum atomic E-state index is -0.975. The van der Waals surface area contributed by atoms with E-state index in [-0.39, 0.29) is 25.7 Å². The summed E-state index contributed by atoms with van der Waals surface area (Å²) in [5.41, 5.74) is 5.66. The molecule has 1 fully saturated rings. The highest BCUT2D eigenvalue weighted by atomic mass is 16.7. The summed E-state index contributed by atoms with van der Waals surface area (Å²) < 4.78 is 0. The molecule has 0 bridgehead atoms. The van der Waals surface area contributed by atoms with Crippen molar-refractivity contribution in [2.45, 2.75) is 31.8 Å². The fourth-order valence-electron chi connectivity index (χ4n) is 1.94. The average Bonchev–Trinajstić information content (AvgIpc) is 2.93. The lowest BCUT2D eigenvalue weighted by atomic mass is 10.2. The number of rotatable bonds is 5. The van der Waals surface area contributed by atoms with Crippen LogP contribution in [0.4, 0.5) is 0 Å². The van der Waals surface area contributed by atoms with E-state index in [1.165, 1.54) is 0 Å². The molecule has 9 nitrogen and oxygen atoms in total. The highest BCUT2D eigenvalue weighted by Gasteiger charge is 2.33. The van der Waals surface area contributed by atoms with Crippen molar-refractivity contribution in [3.8, 4) is 0 Å². The topological polar surface area (TPSA) is 127 Å². The van der Waals surface area contributed by atoms with Gasteiger partial charge in [0.2, 0.25) is 0 Å². The Balaban J connectivity index is 1.81. The van der Waals surface area contributed by atoms with Crippen molar-refractivity contribution >= 4 is 29.6 Å². The number of carbonyl (C=O) groups excluding carboxylic acids is 5. The molecule has 1 unspecified atom stereocenters. The third-order valence-corrected chi connectivity index (χ3v) is 3.02. The molecule has 0 aliphatic carbocycles. The normalized spacial score (nSPS) is 19.7. The zero-order valence-corrected chi connectivity index (χ0v) is 11.0. The van der Waals surface area contributed by atoms with Crippen LogP contribution in [0.5, 0.6) is 0 Å². The Labute approximate surface area is 119 Å². The molecule has 9 heteroatoms. The van der Waals surface area contributed by atoms with Gasteiger partial charge in [0.15, 0.2) is 0 Å². The van der Waals surface area contributed by atoms with E-state index in [1.807, 2.05) is 0 Å². The van der Waals surface area contributed by atoms with Gasteiger partial charge in [-0.1, -0.05) is 0 Å². The van der Waals surface area contributed by atoms with Gasteiger partial charge >= 0.3 is 5.97 Å². The minimum absolute atomic E-state index is 0.00801. The van der Waals surface area contributed by atoms with E-state index in [4.69, 9.17) is 5.73 Å². The van der Waals surface area contributed by atoms with Gasteiger partial charge in [0.05, 0.1) is 12.6 Å². The van der Waals surface area contributed by atoms with Crippen LogP contribution in [-0.4, -0.2) is 45.7 Å². The van der Waals surface area contributed by atoms with Crippen LogP contribution in [0.2, 0.25) is 0 Å². The Morgan fingerprint density at radius 1 is 1.14 bits per heavy atom. The molecule has 4 amide bonds. The van der Waals surface area contributed by atoms with E-state index in [1.54, 1.807) is 0 Å². The van der Waals surface area contributed by atoms with Crippen LogP contribution in [0.15, 0.2) is 12.2 Å². The van der Waals surface area contributed by atoms with Gasteiger partial charge in [0.1, 0.15) is 0 Å². The molecule has 0 aromatic carbocycles. The molecular formula is C12H13N3O6. The zero-order valence-electron chi connectivity index (χ0n) is 11.0. The van der Waals surface area contributed by atoms with Crippen molar-refractivity contribution in [1.82, 2.24) is 9.96 Å². The van der Waals surface area contributed by atoms with Crippen molar-refractivity contribution < 1.29 is 28.8 Å². The first-order chi connectivity index (χ1) is 9.90. The van der Waals surface area contributed by atoms with Crippen LogP contribution < -0.4 is 5.73 Å². The smallest absolute Gasteiger partial charge is 0.330 e. The molecular weight excluding hydrogens is 282 g/mol. The first-order valence-electron chi connectivity index (χ1n) is 6.27. The maximum Gasteiger partial charge on any atom is 0.333 e. The Bertz CT molecular complexity index is 521. The summed E-state index contributed by atoms with van der Waals surface area (Å²) in [6.45, 7) is 0. The van der Waals surface area contributed by atoms with E-state index in [2.05, 4.69) is 4.84 Å². The first kappa shape index (κ1) is 14.9. The van der Waals surface area contributed by atoms with Gasteiger partial charge in [0.25, 0.3) is 23.6 Å². The summed E-state index contributed by atoms with van der Waals surface area (Å²) in [5.74, 6) is -3.09. The second kappa shape index (κ2) is 5.83. The molecule has 112 valence electrons. The predicted octanol–water partition coefficient (Wildman–Crippen LogP) is -1.42. The number of hydroxylamine groups is 2. The zero-order chi connectivity index (χ0) is 15.6. The van der Waals surface area contributed by atoms with Gasteiger partial charge in [-0.3, -0.25) is 24.1 Å². The maximum atomic E-state index is 11.5. The monoisotopic (exact) mass is 295 g/mol. The van der Waals surface area contributed by atoms with Gasteiger partial charge in [-0.15, -0.1) is 5.06 Å². The second-order valence-corrected chi connectivity index (χ2v) is 4.53. The highest BCUT2D eigenvalue weighted by Crippen LogP contribution is 2.14. The molecule has 2 heterocycles. The largest absolute Gasteiger partial charge is 0.333 e. The predicted molar refractivity (Wildman–Crippen MR) is 65.4 cm³/mol. The van der Waals surface area contributed by atoms with Crippen LogP contribution in [0, 0.1) is 0 Å². The molecule has 1 saturated heterocycles. The molecule has 1 atom stereocenters. The van der Waals surface area contributed by atoms with Crippen molar-refractivity contribution in [3.63, 3.8) is 0 Å². The van der Waals surface area contributed by atoms with E-state index in [9.17, 15) is 24.0 Å². The lowest BCUT2D eigenvalue weighted by Crippen LogP contribution is -2.46. The Morgan fingerprint density at radius 2 is 1.67 bits per heavy atom. The number of nitrogens with two attached hydrogens (primary N) is 1. The summed E-state index contributed by atoms with van der Waals surface area (Å²) in [6.07, 6.45) is 0.938. The van der Waals surface area contributed by atoms with Crippen LogP contribution >= 0.6 is 0 Å². The summed E-state index contributed by atoms with van der Waals surface area (Å²) in [4.78, 5) is 62.2. The SMILES string of the molecule is NC(CCC(=O)ON1C(=O)CCC1=O)N1C(=O)C=CC1=O. The number of amides is 4. The molecule has 0 aromatic heterocycles. The third kappa shape index (κ3) is 3.14. The molecule has 0 spiro atoms. The van der Waals surface area contributed by atoms with E-state index in [0.717, 1.165) is 17.1 Å². The quantitative estimate of drug-likeness (QED) is 0.617. The highest BCUT2D eigenvalue weighted by molar-refractivity contribution is 6.13. The lowest BCUT2D eigenvalue weighted by Gasteiger charge is -2.22. The van der Waals surface area contributed by atoms with Crippen LogP contribution in [0.25, 0.3) is 0 Å². The fraction of sp³-hybridized carbons (Fsp3) is 0.417. The number of nitrogens with zero attached hydrogens (tertiary/aromatic N) is 2. The number of hydrogen-bond donors (Lipinski definition) is 1. The molecule has 0 aromatic rings. The lowest BCUT2D eigenvalue weighted by molar-refractivity contribution is -0.197. The molecule has 2 N–H and O–H groups in total. The average molecular weight is 295 g/mol. The van der Waals surface area contributed by atoms with E-state index < -0.39 is 35.8 Å². The van der Waals surface area contributed by atoms with Gasteiger partial charge in [0, 0.05) is 25.0 Å².